The Kier molecular flexibility index (Phi) is 7.07. The molecule has 0 aromatic heterocycles. The van der Waals surface area contributed by atoms with Crippen LogP contribution in [-0.4, -0.2) is 11.9 Å². The van der Waals surface area contributed by atoms with Gasteiger partial charge in [-0.1, -0.05) is 88.5 Å². The molecule has 2 saturated carbocycles. The van der Waals surface area contributed by atoms with Gasteiger partial charge in [0.15, 0.2) is 0 Å². The first-order valence-electron chi connectivity index (χ1n) is 15.0. The Morgan fingerprint density at radius 3 is 2.39 bits per heavy atom. The number of hydrogen-bond donors (Lipinski definition) is 0. The third-order valence-corrected chi connectivity index (χ3v) is 11.3. The molecule has 10 unspecified atom stereocenters. The van der Waals surface area contributed by atoms with E-state index in [0.717, 1.165) is 24.3 Å². The van der Waals surface area contributed by atoms with Crippen molar-refractivity contribution >= 4 is 5.78 Å². The zero-order valence-electron chi connectivity index (χ0n) is 24.0. The van der Waals surface area contributed by atoms with Crippen molar-refractivity contribution < 1.29 is 9.90 Å². The molecule has 5 aliphatic carbocycles. The Morgan fingerprint density at radius 2 is 1.75 bits per heavy atom. The summed E-state index contributed by atoms with van der Waals surface area (Å²) in [7, 11) is 0. The van der Waals surface area contributed by atoms with Crippen molar-refractivity contribution in [1.82, 2.24) is 0 Å². The Morgan fingerprint density at radius 1 is 1.03 bits per heavy atom. The Balaban J connectivity index is 1.41. The molecule has 0 radical (unpaired) electrons. The van der Waals surface area contributed by atoms with Crippen LogP contribution in [0.1, 0.15) is 87.5 Å². The smallest absolute Gasteiger partial charge is 0.141 e. The van der Waals surface area contributed by atoms with Crippen molar-refractivity contribution in [1.29, 1.82) is 0 Å². The maximum atomic E-state index is 14.0. The monoisotopic (exact) mass is 489 g/mol. The first-order chi connectivity index (χ1) is 17.0. The summed E-state index contributed by atoms with van der Waals surface area (Å²) in [5.74, 6) is 4.07. The van der Waals surface area contributed by atoms with Crippen molar-refractivity contribution in [2.75, 3.05) is 0 Å². The molecule has 0 N–H and O–H groups in total. The number of ketones is 1. The maximum absolute atomic E-state index is 14.0. The molecule has 0 amide bonds. The van der Waals surface area contributed by atoms with Crippen LogP contribution in [-0.2, 0) is 4.79 Å². The van der Waals surface area contributed by atoms with Gasteiger partial charge in [-0.3, -0.25) is 4.79 Å². The van der Waals surface area contributed by atoms with Crippen molar-refractivity contribution in [2.45, 2.75) is 93.6 Å². The Hall–Kier alpha value is -1.41. The lowest BCUT2D eigenvalue weighted by Gasteiger charge is -2.53. The fourth-order valence-corrected chi connectivity index (χ4v) is 8.94. The Bertz CT molecular complexity index is 1020. The lowest BCUT2D eigenvalue weighted by atomic mass is 9.57. The number of rotatable bonds is 4. The van der Waals surface area contributed by atoms with Gasteiger partial charge in [0, 0.05) is 17.8 Å². The van der Waals surface area contributed by atoms with E-state index in [1.54, 1.807) is 0 Å². The lowest BCUT2D eigenvalue weighted by molar-refractivity contribution is -0.452. The van der Waals surface area contributed by atoms with Gasteiger partial charge < -0.3 is 5.11 Å². The number of fused-ring (bicyclic) bond motifs is 2. The summed E-state index contributed by atoms with van der Waals surface area (Å²) in [6.45, 7) is 18.5. The largest absolute Gasteiger partial charge is 0.851 e. The molecule has 0 spiro atoms. The number of carbonyl (C=O) groups is 1. The molecule has 0 aliphatic heterocycles. The van der Waals surface area contributed by atoms with Gasteiger partial charge >= 0.3 is 0 Å². The summed E-state index contributed by atoms with van der Waals surface area (Å²) in [5, 5.41) is 14.0. The number of allylic oxidation sites excluding steroid dienone is 7. The van der Waals surface area contributed by atoms with E-state index < -0.39 is 12.0 Å². The molecule has 198 valence electrons. The normalized spacial score (nSPS) is 43.0. The van der Waals surface area contributed by atoms with E-state index in [1.807, 2.05) is 0 Å². The van der Waals surface area contributed by atoms with Crippen molar-refractivity contribution in [2.24, 2.45) is 65.1 Å². The zero-order valence-corrected chi connectivity index (χ0v) is 24.0. The van der Waals surface area contributed by atoms with Gasteiger partial charge in [0.05, 0.1) is 0 Å². The van der Waals surface area contributed by atoms with Crippen LogP contribution in [0, 0.1) is 65.1 Å². The van der Waals surface area contributed by atoms with Gasteiger partial charge in [0.25, 0.3) is 0 Å². The molecule has 2 heteroatoms. The van der Waals surface area contributed by atoms with E-state index in [4.69, 9.17) is 0 Å². The molecule has 0 aromatic rings. The minimum Gasteiger partial charge on any atom is -0.851 e. The summed E-state index contributed by atoms with van der Waals surface area (Å²) in [4.78, 5) is 13.9. The number of carbonyl (C=O) groups excluding carboxylic acids is 1. The van der Waals surface area contributed by atoms with Gasteiger partial charge in [-0.05, 0) is 92.4 Å². The molecule has 2 fully saturated rings. The van der Waals surface area contributed by atoms with Gasteiger partial charge in [-0.2, -0.15) is 0 Å². The zero-order chi connectivity index (χ0) is 26.0. The van der Waals surface area contributed by atoms with E-state index >= 15 is 0 Å². The van der Waals surface area contributed by atoms with Gasteiger partial charge in [0.2, 0.25) is 0 Å². The average Bonchev–Trinajstić information content (AvgIpc) is 3.11. The van der Waals surface area contributed by atoms with E-state index in [2.05, 4.69) is 73.6 Å². The second-order valence-corrected chi connectivity index (χ2v) is 14.0. The number of hydrogen-bond acceptors (Lipinski definition) is 2. The van der Waals surface area contributed by atoms with Crippen molar-refractivity contribution in [3.05, 3.63) is 46.1 Å². The van der Waals surface area contributed by atoms with Gasteiger partial charge in [0.1, 0.15) is 5.78 Å². The maximum Gasteiger partial charge on any atom is 0.141 e. The van der Waals surface area contributed by atoms with Crippen LogP contribution in [0.4, 0.5) is 0 Å². The highest BCUT2D eigenvalue weighted by atomic mass is 16.3. The third kappa shape index (κ3) is 4.14. The molecule has 5 aliphatic rings. The summed E-state index contributed by atoms with van der Waals surface area (Å²) in [6, 6.07) is 0. The fraction of sp³-hybridized carbons (Fsp3) is 0.735. The van der Waals surface area contributed by atoms with Crippen molar-refractivity contribution in [3.8, 4) is 0 Å². The third-order valence-electron chi connectivity index (χ3n) is 11.3. The van der Waals surface area contributed by atoms with E-state index in [1.165, 1.54) is 41.6 Å². The molecule has 0 aromatic carbocycles. The standard InChI is InChI=1S/C34H49O2/c1-17(2)23-11-9-19(5)29-25(15-23)21(7)13-27(29)31-33(35)32(34(31)36)28-14-22(8)26-16-24(18(3)4)12-10-20(6)30(26)28/h11,13-14,17-20,24-26,28,30-33H,9-10,12,15-16H2,1-8H3/q-1. The molecular weight excluding hydrogens is 440 g/mol. The van der Waals surface area contributed by atoms with E-state index in [0.29, 0.717) is 41.4 Å². The highest BCUT2D eigenvalue weighted by molar-refractivity contribution is 5.95. The van der Waals surface area contributed by atoms with Gasteiger partial charge in [-0.25, -0.2) is 0 Å². The molecular formula is C34H49O2-. The summed E-state index contributed by atoms with van der Waals surface area (Å²) >= 11 is 0. The fourth-order valence-electron chi connectivity index (χ4n) is 8.94. The SMILES string of the molecule is CC1=CC(C2C(=O)C(C3C=C(C)C4CC(C(C)C)CCC(C)C43)C2[O-])=C2C(C)CC=C(C(C)C)CC12. The van der Waals surface area contributed by atoms with Crippen LogP contribution < -0.4 is 5.11 Å². The van der Waals surface area contributed by atoms with Gasteiger partial charge in [-0.15, -0.1) is 6.10 Å². The van der Waals surface area contributed by atoms with Crippen LogP contribution in [0.2, 0.25) is 0 Å². The molecule has 0 saturated heterocycles. The number of Topliss-reactive ketones (excluding diaryl/α,β-unsaturated/α-hetero) is 1. The second-order valence-electron chi connectivity index (χ2n) is 14.0. The summed E-state index contributed by atoms with van der Waals surface area (Å²) < 4.78 is 0. The van der Waals surface area contributed by atoms with Crippen LogP contribution in [0.15, 0.2) is 46.1 Å². The van der Waals surface area contributed by atoms with Crippen LogP contribution in [0.25, 0.3) is 0 Å². The lowest BCUT2D eigenvalue weighted by Crippen LogP contribution is -2.63. The minimum atomic E-state index is -0.792. The highest BCUT2D eigenvalue weighted by Gasteiger charge is 2.54. The first kappa shape index (κ1) is 26.2. The van der Waals surface area contributed by atoms with Crippen LogP contribution >= 0.6 is 0 Å². The first-order valence-corrected chi connectivity index (χ1v) is 15.0. The molecule has 0 heterocycles. The predicted molar refractivity (Wildman–Crippen MR) is 147 cm³/mol. The molecule has 2 nitrogen and oxygen atoms in total. The summed E-state index contributed by atoms with van der Waals surface area (Å²) in [6.07, 6.45) is 12.1. The van der Waals surface area contributed by atoms with E-state index in [9.17, 15) is 9.90 Å². The molecule has 10 atom stereocenters. The highest BCUT2D eigenvalue weighted by Crippen LogP contribution is 2.57. The molecule has 5 rings (SSSR count). The topological polar surface area (TPSA) is 40.1 Å². The summed E-state index contributed by atoms with van der Waals surface area (Å²) in [5.41, 5.74) is 6.88. The predicted octanol–water partition coefficient (Wildman–Crippen LogP) is 7.32. The molecule has 36 heavy (non-hydrogen) atoms. The second kappa shape index (κ2) is 9.72. The quantitative estimate of drug-likeness (QED) is 0.388. The minimum absolute atomic E-state index is 0.149. The van der Waals surface area contributed by atoms with Crippen molar-refractivity contribution in [3.63, 3.8) is 0 Å². The average molecular weight is 490 g/mol. The molecule has 0 bridgehead atoms. The van der Waals surface area contributed by atoms with Crippen LogP contribution in [0.3, 0.4) is 0 Å². The van der Waals surface area contributed by atoms with E-state index in [-0.39, 0.29) is 17.6 Å². The Labute approximate surface area is 220 Å². The van der Waals surface area contributed by atoms with Crippen LogP contribution in [0.5, 0.6) is 0 Å².